The minimum Gasteiger partial charge on any atom is -0.367 e. The van der Waals surface area contributed by atoms with E-state index in [9.17, 15) is 4.39 Å². The number of hydrogen-bond acceptors (Lipinski definition) is 3. The number of halogens is 2. The van der Waals surface area contributed by atoms with E-state index in [0.29, 0.717) is 10.3 Å². The maximum absolute atomic E-state index is 13.6. The molecule has 1 aliphatic rings. The molecule has 5 heteroatoms. The number of rotatable bonds is 3. The summed E-state index contributed by atoms with van der Waals surface area (Å²) in [5.41, 5.74) is 0.230. The third-order valence-electron chi connectivity index (χ3n) is 3.68. The molecular weight excluding hydrogens is 297 g/mol. The van der Waals surface area contributed by atoms with Gasteiger partial charge in [0.25, 0.3) is 0 Å². The van der Waals surface area contributed by atoms with Crippen molar-refractivity contribution < 1.29 is 4.39 Å². The first kappa shape index (κ1) is 13.7. The lowest BCUT2D eigenvalue weighted by atomic mass is 9.80. The molecule has 0 saturated carbocycles. The van der Waals surface area contributed by atoms with Crippen LogP contribution in [0.3, 0.4) is 0 Å². The Morgan fingerprint density at radius 2 is 2.17 bits per heavy atom. The Kier molecular flexibility index (Phi) is 4.22. The summed E-state index contributed by atoms with van der Waals surface area (Å²) in [6.45, 7) is 5.24. The van der Waals surface area contributed by atoms with Gasteiger partial charge in [0.1, 0.15) is 0 Å². The molecule has 1 aliphatic heterocycles. The highest BCUT2D eigenvalue weighted by Crippen LogP contribution is 2.30. The van der Waals surface area contributed by atoms with Gasteiger partial charge in [0.05, 0.1) is 0 Å². The summed E-state index contributed by atoms with van der Waals surface area (Å²) in [5.74, 6) is 0.0410. The number of piperidine rings is 1. The van der Waals surface area contributed by atoms with Gasteiger partial charge in [0, 0.05) is 17.2 Å². The molecule has 1 aromatic heterocycles. The molecule has 0 radical (unpaired) electrons. The number of anilines is 1. The van der Waals surface area contributed by atoms with Crippen LogP contribution in [-0.2, 0) is 0 Å². The third-order valence-corrected chi connectivity index (χ3v) is 4.12. The van der Waals surface area contributed by atoms with Crippen LogP contribution in [0.15, 0.2) is 16.7 Å². The van der Waals surface area contributed by atoms with Gasteiger partial charge in [-0.05, 0) is 60.4 Å². The van der Waals surface area contributed by atoms with E-state index in [-0.39, 0.29) is 11.2 Å². The van der Waals surface area contributed by atoms with Crippen LogP contribution in [0.25, 0.3) is 0 Å². The molecule has 2 rings (SSSR count). The lowest BCUT2D eigenvalue weighted by Gasteiger charge is -2.38. The fourth-order valence-electron chi connectivity index (χ4n) is 2.18. The zero-order chi connectivity index (χ0) is 13.2. The average molecular weight is 316 g/mol. The van der Waals surface area contributed by atoms with Crippen molar-refractivity contribution in [1.82, 2.24) is 9.88 Å². The molecule has 0 aliphatic carbocycles. The Hall–Kier alpha value is -0.680. The van der Waals surface area contributed by atoms with E-state index in [1.165, 1.54) is 6.07 Å². The lowest BCUT2D eigenvalue weighted by Crippen LogP contribution is -2.40. The zero-order valence-electron chi connectivity index (χ0n) is 10.8. The molecule has 1 saturated heterocycles. The summed E-state index contributed by atoms with van der Waals surface area (Å²) < 4.78 is 14.3. The number of hydrogen-bond donors (Lipinski definition) is 1. The predicted octanol–water partition coefficient (Wildman–Crippen LogP) is 3.13. The Balaban J connectivity index is 1.94. The van der Waals surface area contributed by atoms with Gasteiger partial charge in [0.15, 0.2) is 11.6 Å². The minimum atomic E-state index is -0.305. The van der Waals surface area contributed by atoms with E-state index < -0.39 is 0 Å². The van der Waals surface area contributed by atoms with Crippen LogP contribution < -0.4 is 5.32 Å². The maximum Gasteiger partial charge on any atom is 0.166 e. The second-order valence-electron chi connectivity index (χ2n) is 5.45. The normalized spacial score (nSPS) is 19.8. The molecule has 0 spiro atoms. The highest BCUT2D eigenvalue weighted by Gasteiger charge is 2.28. The predicted molar refractivity (Wildman–Crippen MR) is 75.2 cm³/mol. The minimum absolute atomic E-state index is 0.230. The summed E-state index contributed by atoms with van der Waals surface area (Å²) in [4.78, 5) is 6.40. The highest BCUT2D eigenvalue weighted by atomic mass is 79.9. The first-order valence-electron chi connectivity index (χ1n) is 6.22. The van der Waals surface area contributed by atoms with Crippen molar-refractivity contribution in [3.8, 4) is 0 Å². The second-order valence-corrected chi connectivity index (χ2v) is 6.37. The number of nitrogens with zero attached hydrogens (tertiary/aromatic N) is 2. The fraction of sp³-hybridized carbons (Fsp3) is 0.615. The van der Waals surface area contributed by atoms with E-state index in [4.69, 9.17) is 0 Å². The molecule has 0 bridgehead atoms. The molecule has 100 valence electrons. The molecule has 0 unspecified atom stereocenters. The van der Waals surface area contributed by atoms with Crippen LogP contribution >= 0.6 is 15.9 Å². The monoisotopic (exact) mass is 315 g/mol. The van der Waals surface area contributed by atoms with E-state index in [1.807, 2.05) is 0 Å². The Labute approximate surface area is 116 Å². The average Bonchev–Trinajstić information content (AvgIpc) is 2.32. The van der Waals surface area contributed by atoms with Crippen molar-refractivity contribution in [3.05, 3.63) is 22.6 Å². The fourth-order valence-corrected chi connectivity index (χ4v) is 2.48. The Morgan fingerprint density at radius 3 is 2.78 bits per heavy atom. The van der Waals surface area contributed by atoms with Crippen molar-refractivity contribution in [1.29, 1.82) is 0 Å². The molecule has 3 nitrogen and oxygen atoms in total. The summed E-state index contributed by atoms with van der Waals surface area (Å²) in [5, 5.41) is 3.14. The van der Waals surface area contributed by atoms with Gasteiger partial charge in [-0.3, -0.25) is 0 Å². The van der Waals surface area contributed by atoms with Gasteiger partial charge >= 0.3 is 0 Å². The second kappa shape index (κ2) is 5.53. The van der Waals surface area contributed by atoms with Crippen molar-refractivity contribution in [2.24, 2.45) is 5.41 Å². The third kappa shape index (κ3) is 3.42. The van der Waals surface area contributed by atoms with Gasteiger partial charge in [-0.2, -0.15) is 0 Å². The molecule has 18 heavy (non-hydrogen) atoms. The van der Waals surface area contributed by atoms with Crippen LogP contribution in [0.1, 0.15) is 19.8 Å². The van der Waals surface area contributed by atoms with Crippen LogP contribution in [0.2, 0.25) is 0 Å². The standard InChI is InChI=1S/C13H19BrFN3/c1-13(3-5-18(2)6-4-13)9-17-12-11(15)7-10(14)8-16-12/h7-8H,3-6,9H2,1-2H3,(H,16,17). The van der Waals surface area contributed by atoms with Gasteiger partial charge in [0.2, 0.25) is 0 Å². The lowest BCUT2D eigenvalue weighted by molar-refractivity contribution is 0.150. The van der Waals surface area contributed by atoms with Crippen LogP contribution in [0.5, 0.6) is 0 Å². The molecular formula is C13H19BrFN3. The summed E-state index contributed by atoms with van der Waals surface area (Å²) >= 11 is 3.21. The quantitative estimate of drug-likeness (QED) is 0.929. The maximum atomic E-state index is 13.6. The van der Waals surface area contributed by atoms with Crippen LogP contribution in [0, 0.1) is 11.2 Å². The zero-order valence-corrected chi connectivity index (χ0v) is 12.4. The van der Waals surface area contributed by atoms with Crippen molar-refractivity contribution in [2.75, 3.05) is 32.0 Å². The van der Waals surface area contributed by atoms with E-state index in [0.717, 1.165) is 32.5 Å². The number of likely N-dealkylation sites (tertiary alicyclic amines) is 1. The van der Waals surface area contributed by atoms with Crippen LogP contribution in [0.4, 0.5) is 10.2 Å². The molecule has 1 aromatic rings. The summed E-state index contributed by atoms with van der Waals surface area (Å²) in [6.07, 6.45) is 3.88. The number of aromatic nitrogens is 1. The molecule has 1 fully saturated rings. The van der Waals surface area contributed by atoms with Crippen LogP contribution in [-0.4, -0.2) is 36.6 Å². The Morgan fingerprint density at radius 1 is 1.50 bits per heavy atom. The SMILES string of the molecule is CN1CCC(C)(CNc2ncc(Br)cc2F)CC1. The molecule has 2 heterocycles. The largest absolute Gasteiger partial charge is 0.367 e. The van der Waals surface area contributed by atoms with Gasteiger partial charge in [-0.25, -0.2) is 9.37 Å². The smallest absolute Gasteiger partial charge is 0.166 e. The number of nitrogens with one attached hydrogen (secondary N) is 1. The Bertz CT molecular complexity index is 417. The van der Waals surface area contributed by atoms with Crippen molar-refractivity contribution in [2.45, 2.75) is 19.8 Å². The summed E-state index contributed by atoms with van der Waals surface area (Å²) in [7, 11) is 2.14. The molecule has 1 N–H and O–H groups in total. The summed E-state index contributed by atoms with van der Waals surface area (Å²) in [6, 6.07) is 1.44. The first-order valence-corrected chi connectivity index (χ1v) is 7.01. The molecule has 0 amide bonds. The van der Waals surface area contributed by atoms with Crippen molar-refractivity contribution >= 4 is 21.7 Å². The molecule has 0 aromatic carbocycles. The van der Waals surface area contributed by atoms with E-state index in [1.54, 1.807) is 6.20 Å². The first-order chi connectivity index (χ1) is 8.48. The highest BCUT2D eigenvalue weighted by molar-refractivity contribution is 9.10. The van der Waals surface area contributed by atoms with Crippen molar-refractivity contribution in [3.63, 3.8) is 0 Å². The van der Waals surface area contributed by atoms with Gasteiger partial charge in [-0.1, -0.05) is 6.92 Å². The van der Waals surface area contributed by atoms with E-state index in [2.05, 4.69) is 45.1 Å². The number of pyridine rings is 1. The van der Waals surface area contributed by atoms with Gasteiger partial charge < -0.3 is 10.2 Å². The topological polar surface area (TPSA) is 28.2 Å². The van der Waals surface area contributed by atoms with Gasteiger partial charge in [-0.15, -0.1) is 0 Å². The molecule has 0 atom stereocenters. The van der Waals surface area contributed by atoms with E-state index >= 15 is 0 Å².